The van der Waals surface area contributed by atoms with Crippen molar-refractivity contribution in [3.05, 3.63) is 136 Å². The van der Waals surface area contributed by atoms with Gasteiger partial charge in [0.05, 0.1) is 5.52 Å². The van der Waals surface area contributed by atoms with Crippen LogP contribution in [0.4, 0.5) is 0 Å². The highest BCUT2D eigenvalue weighted by molar-refractivity contribution is 5.93. The third-order valence-corrected chi connectivity index (χ3v) is 10.7. The summed E-state index contributed by atoms with van der Waals surface area (Å²) in [7, 11) is 0. The van der Waals surface area contributed by atoms with Gasteiger partial charge in [0.15, 0.2) is 0 Å². The van der Waals surface area contributed by atoms with E-state index < -0.39 is 0 Å². The summed E-state index contributed by atoms with van der Waals surface area (Å²) in [5, 5.41) is 1.18. The first-order valence-corrected chi connectivity index (χ1v) is 15.9. The fourth-order valence-electron chi connectivity index (χ4n) is 8.18. The second-order valence-electron chi connectivity index (χ2n) is 14.3. The quantitative estimate of drug-likeness (QED) is 0.202. The van der Waals surface area contributed by atoms with Crippen molar-refractivity contribution in [3.63, 3.8) is 0 Å². The predicted octanol–water partition coefficient (Wildman–Crippen LogP) is 11.4. The average molecular weight is 570 g/mol. The van der Waals surface area contributed by atoms with Gasteiger partial charge in [-0.3, -0.25) is 4.98 Å². The van der Waals surface area contributed by atoms with Crippen LogP contribution in [0.5, 0.6) is 0 Å². The maximum Gasteiger partial charge on any atom is 0.0702 e. The molecule has 0 radical (unpaired) electrons. The van der Waals surface area contributed by atoms with Gasteiger partial charge >= 0.3 is 0 Å². The molecule has 0 spiro atoms. The van der Waals surface area contributed by atoms with Gasteiger partial charge in [-0.05, 0) is 148 Å². The van der Waals surface area contributed by atoms with Crippen molar-refractivity contribution in [2.24, 2.45) is 0 Å². The molecule has 1 heterocycles. The Balaban J connectivity index is 1.32. The molecule has 0 aliphatic heterocycles. The van der Waals surface area contributed by atoms with Crippen LogP contribution in [0.2, 0.25) is 0 Å². The number of fused-ring (bicyclic) bond motifs is 7. The third-order valence-electron chi connectivity index (χ3n) is 10.7. The molecule has 6 aromatic rings. The van der Waals surface area contributed by atoms with Crippen molar-refractivity contribution >= 4 is 10.9 Å². The molecule has 0 N–H and O–H groups in total. The summed E-state index contributed by atoms with van der Waals surface area (Å²) in [6.45, 7) is 18.6. The molecule has 0 saturated heterocycles. The van der Waals surface area contributed by atoms with E-state index in [0.29, 0.717) is 0 Å². The van der Waals surface area contributed by atoms with Crippen LogP contribution < -0.4 is 0 Å². The normalized spacial score (nSPS) is 15.2. The minimum atomic E-state index is -0.0572. The number of benzene rings is 5. The van der Waals surface area contributed by atoms with Crippen molar-refractivity contribution in [2.45, 2.75) is 66.2 Å². The fraction of sp³-hybridized carbons (Fsp3) is 0.233. The fourth-order valence-corrected chi connectivity index (χ4v) is 8.18. The molecular weight excluding hydrogens is 530 g/mol. The molecule has 0 bridgehead atoms. The molecule has 1 aromatic heterocycles. The summed E-state index contributed by atoms with van der Waals surface area (Å²) in [6, 6.07) is 32.6. The lowest BCUT2D eigenvalue weighted by Gasteiger charge is -2.24. The van der Waals surface area contributed by atoms with Gasteiger partial charge in [-0.2, -0.15) is 0 Å². The van der Waals surface area contributed by atoms with Crippen molar-refractivity contribution in [1.29, 1.82) is 0 Å². The highest BCUT2D eigenvalue weighted by Gasteiger charge is 2.38. The topological polar surface area (TPSA) is 12.9 Å². The van der Waals surface area contributed by atoms with Crippen molar-refractivity contribution < 1.29 is 0 Å². The zero-order chi connectivity index (χ0) is 30.7. The Labute approximate surface area is 261 Å². The minimum Gasteiger partial charge on any atom is -0.256 e. The van der Waals surface area contributed by atoms with Crippen molar-refractivity contribution in [3.8, 4) is 44.5 Å². The molecule has 44 heavy (non-hydrogen) atoms. The first-order valence-electron chi connectivity index (χ1n) is 15.9. The molecule has 1 heteroatoms. The molecular formula is C43H39N. The smallest absolute Gasteiger partial charge is 0.0702 e. The number of hydrogen-bond donors (Lipinski definition) is 0. The minimum absolute atomic E-state index is 0.00298. The second-order valence-corrected chi connectivity index (χ2v) is 14.3. The van der Waals surface area contributed by atoms with Crippen LogP contribution >= 0.6 is 0 Å². The predicted molar refractivity (Wildman–Crippen MR) is 187 cm³/mol. The molecule has 2 aliphatic rings. The van der Waals surface area contributed by atoms with Crippen LogP contribution in [-0.4, -0.2) is 4.98 Å². The first-order chi connectivity index (χ1) is 20.9. The van der Waals surface area contributed by atoms with E-state index in [1.165, 1.54) is 94.4 Å². The Morgan fingerprint density at radius 2 is 0.977 bits per heavy atom. The maximum atomic E-state index is 4.54. The van der Waals surface area contributed by atoms with Crippen LogP contribution in [-0.2, 0) is 10.8 Å². The summed E-state index contributed by atoms with van der Waals surface area (Å²) >= 11 is 0. The van der Waals surface area contributed by atoms with Gasteiger partial charge in [0.2, 0.25) is 0 Å². The van der Waals surface area contributed by atoms with E-state index in [0.717, 1.165) is 5.52 Å². The van der Waals surface area contributed by atoms with E-state index in [4.69, 9.17) is 0 Å². The third kappa shape index (κ3) is 3.68. The average Bonchev–Trinajstić information content (AvgIpc) is 3.33. The Hall–Kier alpha value is -4.49. The zero-order valence-corrected chi connectivity index (χ0v) is 27.1. The number of aryl methyl sites for hydroxylation is 4. The Kier molecular flexibility index (Phi) is 5.55. The van der Waals surface area contributed by atoms with Crippen molar-refractivity contribution in [2.75, 3.05) is 0 Å². The molecule has 2 aliphatic carbocycles. The molecule has 0 saturated carbocycles. The largest absolute Gasteiger partial charge is 0.256 e. The van der Waals surface area contributed by atoms with E-state index in [2.05, 4.69) is 139 Å². The van der Waals surface area contributed by atoms with Gasteiger partial charge in [-0.15, -0.1) is 0 Å². The van der Waals surface area contributed by atoms with Gasteiger partial charge < -0.3 is 0 Å². The van der Waals surface area contributed by atoms with E-state index in [9.17, 15) is 0 Å². The standard InChI is InChI=1S/C43H39N/c1-24-11-13-30-34-22-32(26(3)18-38(34)42(5,6)37(30)16-24)33-23-36-35-21-31(28-12-14-41-29(20-28)10-9-15-44-41)25(2)17-39(35)43(7,8)40(36)19-27(33)4/h9-23H,1-8H3. The zero-order valence-electron chi connectivity index (χ0n) is 27.1. The molecule has 5 aromatic carbocycles. The summed E-state index contributed by atoms with van der Waals surface area (Å²) in [6.07, 6.45) is 1.87. The molecule has 0 unspecified atom stereocenters. The lowest BCUT2D eigenvalue weighted by molar-refractivity contribution is 0.659. The van der Waals surface area contributed by atoms with E-state index in [-0.39, 0.29) is 10.8 Å². The number of hydrogen-bond acceptors (Lipinski definition) is 1. The van der Waals surface area contributed by atoms with Crippen LogP contribution in [0, 0.1) is 27.7 Å². The Bertz CT molecular complexity index is 2210. The molecule has 0 amide bonds. The Morgan fingerprint density at radius 3 is 1.59 bits per heavy atom. The molecule has 0 atom stereocenters. The maximum absolute atomic E-state index is 4.54. The highest BCUT2D eigenvalue weighted by Crippen LogP contribution is 2.54. The summed E-state index contributed by atoms with van der Waals surface area (Å²) in [4.78, 5) is 4.54. The first kappa shape index (κ1) is 27.1. The van der Waals surface area contributed by atoms with Gasteiger partial charge in [-0.1, -0.05) is 81.8 Å². The molecule has 0 fully saturated rings. The van der Waals surface area contributed by atoms with E-state index in [1.54, 1.807) is 0 Å². The summed E-state index contributed by atoms with van der Waals surface area (Å²) < 4.78 is 0. The SMILES string of the molecule is Cc1ccc2c(c1)C(C)(C)c1cc(C)c(-c3cc4c(cc3C)C(C)(C)c3cc(C)c(-c5ccc6ncccc6c5)cc3-4)cc1-2. The van der Waals surface area contributed by atoms with E-state index in [1.807, 2.05) is 12.3 Å². The second kappa shape index (κ2) is 9.02. The van der Waals surface area contributed by atoms with Crippen LogP contribution in [0.3, 0.4) is 0 Å². The molecule has 1 nitrogen and oxygen atoms in total. The van der Waals surface area contributed by atoms with Crippen LogP contribution in [0.1, 0.15) is 72.2 Å². The highest BCUT2D eigenvalue weighted by atomic mass is 14.6. The molecule has 8 rings (SSSR count). The number of rotatable bonds is 2. The lowest BCUT2D eigenvalue weighted by atomic mass is 9.79. The van der Waals surface area contributed by atoms with Crippen molar-refractivity contribution in [1.82, 2.24) is 4.98 Å². The molecule has 216 valence electrons. The number of nitrogens with zero attached hydrogens (tertiary/aromatic N) is 1. The van der Waals surface area contributed by atoms with Gasteiger partial charge in [0.1, 0.15) is 0 Å². The summed E-state index contributed by atoms with van der Waals surface area (Å²) in [5.41, 5.74) is 22.7. The summed E-state index contributed by atoms with van der Waals surface area (Å²) in [5.74, 6) is 0. The van der Waals surface area contributed by atoms with Crippen LogP contribution in [0.25, 0.3) is 55.4 Å². The Morgan fingerprint density at radius 1 is 0.455 bits per heavy atom. The van der Waals surface area contributed by atoms with Gasteiger partial charge in [0, 0.05) is 22.4 Å². The van der Waals surface area contributed by atoms with Gasteiger partial charge in [0.25, 0.3) is 0 Å². The van der Waals surface area contributed by atoms with Gasteiger partial charge in [-0.25, -0.2) is 0 Å². The number of aromatic nitrogens is 1. The monoisotopic (exact) mass is 569 g/mol. The van der Waals surface area contributed by atoms with Crippen LogP contribution in [0.15, 0.2) is 91.1 Å². The lowest BCUT2D eigenvalue weighted by Crippen LogP contribution is -2.16. The van der Waals surface area contributed by atoms with E-state index >= 15 is 0 Å². The number of pyridine rings is 1.